The molecule has 0 spiro atoms. The summed E-state index contributed by atoms with van der Waals surface area (Å²) in [5.41, 5.74) is 0. The zero-order valence-electron chi connectivity index (χ0n) is 6.54. The Balaban J connectivity index is 2.33. The highest BCUT2D eigenvalue weighted by molar-refractivity contribution is 5.20. The molecule has 0 fully saturated rings. The lowest BCUT2D eigenvalue weighted by Crippen LogP contribution is -2.14. The maximum Gasteiger partial charge on any atom is 0.162 e. The molecule has 1 atom stereocenters. The lowest BCUT2D eigenvalue weighted by atomic mass is 10.3. The van der Waals surface area contributed by atoms with E-state index in [4.69, 9.17) is 4.74 Å². The Kier molecular flexibility index (Phi) is 3.51. The highest BCUT2D eigenvalue weighted by Crippen LogP contribution is 2.09. The van der Waals surface area contributed by atoms with E-state index in [0.717, 1.165) is 0 Å². The first-order valence-corrected chi connectivity index (χ1v) is 3.71. The Morgan fingerprint density at radius 3 is 2.50 bits per heavy atom. The fourth-order valence-electron chi connectivity index (χ4n) is 0.748. The second kappa shape index (κ2) is 4.70. The summed E-state index contributed by atoms with van der Waals surface area (Å²) in [5, 5.41) is 0. The van der Waals surface area contributed by atoms with Crippen molar-refractivity contribution in [2.24, 2.45) is 0 Å². The smallest absolute Gasteiger partial charge is 0.162 e. The zero-order chi connectivity index (χ0) is 8.81. The summed E-state index contributed by atoms with van der Waals surface area (Å²) in [7, 11) is 0. The normalized spacial score (nSPS) is 12.5. The molecule has 0 aliphatic carbocycles. The third kappa shape index (κ3) is 2.86. The van der Waals surface area contributed by atoms with Crippen molar-refractivity contribution >= 4 is 0 Å². The molecule has 0 aromatic heterocycles. The van der Waals surface area contributed by atoms with Crippen LogP contribution in [0.5, 0.6) is 5.75 Å². The van der Waals surface area contributed by atoms with Crippen LogP contribution >= 0.6 is 0 Å². The van der Waals surface area contributed by atoms with E-state index in [1.807, 2.05) is 6.07 Å². The van der Waals surface area contributed by atoms with E-state index >= 15 is 0 Å². The van der Waals surface area contributed by atoms with Gasteiger partial charge in [-0.25, -0.2) is 8.78 Å². The Morgan fingerprint density at radius 2 is 1.92 bits per heavy atom. The minimum absolute atomic E-state index is 0.222. The lowest BCUT2D eigenvalue weighted by molar-refractivity contribution is 0.166. The van der Waals surface area contributed by atoms with Crippen molar-refractivity contribution in [2.75, 3.05) is 13.3 Å². The van der Waals surface area contributed by atoms with Crippen LogP contribution in [-0.4, -0.2) is 19.5 Å². The monoisotopic (exact) mass is 172 g/mol. The molecular weight excluding hydrogens is 162 g/mol. The standard InChI is InChI=1S/C9H10F2O/c10-6-8(11)7-12-9-4-2-1-3-5-9/h1-5,8H,6-7H2. The first-order chi connectivity index (χ1) is 5.83. The summed E-state index contributed by atoms with van der Waals surface area (Å²) >= 11 is 0. The van der Waals surface area contributed by atoms with E-state index in [2.05, 4.69) is 0 Å². The molecule has 0 aliphatic heterocycles. The molecule has 1 aromatic carbocycles. The van der Waals surface area contributed by atoms with Gasteiger partial charge in [0, 0.05) is 0 Å². The third-order valence-corrected chi connectivity index (χ3v) is 1.34. The molecule has 0 amide bonds. The molecule has 1 rings (SSSR count). The van der Waals surface area contributed by atoms with Gasteiger partial charge in [-0.1, -0.05) is 18.2 Å². The molecule has 0 saturated heterocycles. The molecule has 0 saturated carbocycles. The minimum Gasteiger partial charge on any atom is -0.490 e. The number of hydrogen-bond acceptors (Lipinski definition) is 1. The van der Waals surface area contributed by atoms with Crippen LogP contribution in [0.2, 0.25) is 0 Å². The van der Waals surface area contributed by atoms with Crippen LogP contribution in [0, 0.1) is 0 Å². The number of halogens is 2. The molecule has 0 bridgehead atoms. The van der Waals surface area contributed by atoms with Gasteiger partial charge in [0.05, 0.1) is 0 Å². The maximum atomic E-state index is 12.3. The average molecular weight is 172 g/mol. The number of benzene rings is 1. The Morgan fingerprint density at radius 1 is 1.25 bits per heavy atom. The fourth-order valence-corrected chi connectivity index (χ4v) is 0.748. The predicted octanol–water partition coefficient (Wildman–Crippen LogP) is 2.37. The summed E-state index contributed by atoms with van der Waals surface area (Å²) < 4.78 is 28.9. The molecule has 0 heterocycles. The van der Waals surface area contributed by atoms with E-state index in [1.165, 1.54) is 0 Å². The largest absolute Gasteiger partial charge is 0.490 e. The summed E-state index contributed by atoms with van der Waals surface area (Å²) in [6.07, 6.45) is -1.52. The summed E-state index contributed by atoms with van der Waals surface area (Å²) in [6, 6.07) is 8.78. The lowest BCUT2D eigenvalue weighted by Gasteiger charge is -2.06. The van der Waals surface area contributed by atoms with Crippen LogP contribution in [0.1, 0.15) is 0 Å². The molecule has 0 N–H and O–H groups in total. The van der Waals surface area contributed by atoms with Gasteiger partial charge in [-0.05, 0) is 12.1 Å². The molecule has 1 unspecified atom stereocenters. The van der Waals surface area contributed by atoms with Crippen molar-refractivity contribution in [1.29, 1.82) is 0 Å². The van der Waals surface area contributed by atoms with Crippen molar-refractivity contribution in [2.45, 2.75) is 6.17 Å². The van der Waals surface area contributed by atoms with E-state index < -0.39 is 12.8 Å². The molecule has 1 nitrogen and oxygen atoms in total. The van der Waals surface area contributed by atoms with Gasteiger partial charge in [0.2, 0.25) is 0 Å². The number of ether oxygens (including phenoxy) is 1. The number of rotatable bonds is 4. The maximum absolute atomic E-state index is 12.3. The summed E-state index contributed by atoms with van der Waals surface area (Å²) in [6.45, 7) is -1.21. The van der Waals surface area contributed by atoms with Crippen LogP contribution in [0.25, 0.3) is 0 Å². The second-order valence-corrected chi connectivity index (χ2v) is 2.38. The number of hydrogen-bond donors (Lipinski definition) is 0. The number of alkyl halides is 2. The van der Waals surface area contributed by atoms with Crippen LogP contribution in [0.3, 0.4) is 0 Å². The molecular formula is C9H10F2O. The van der Waals surface area contributed by atoms with Crippen molar-refractivity contribution in [3.8, 4) is 5.75 Å². The molecule has 3 heteroatoms. The highest BCUT2D eigenvalue weighted by Gasteiger charge is 2.05. The topological polar surface area (TPSA) is 9.23 Å². The van der Waals surface area contributed by atoms with Crippen LogP contribution in [0.15, 0.2) is 30.3 Å². The molecule has 0 radical (unpaired) electrons. The van der Waals surface area contributed by atoms with Gasteiger partial charge in [-0.2, -0.15) is 0 Å². The van der Waals surface area contributed by atoms with E-state index in [9.17, 15) is 8.78 Å². The summed E-state index contributed by atoms with van der Waals surface area (Å²) in [5.74, 6) is 0.564. The molecule has 12 heavy (non-hydrogen) atoms. The Hall–Kier alpha value is -1.12. The van der Waals surface area contributed by atoms with Crippen LogP contribution in [0.4, 0.5) is 8.78 Å². The SMILES string of the molecule is FCC(F)COc1ccccc1. The Bertz CT molecular complexity index is 213. The summed E-state index contributed by atoms with van der Waals surface area (Å²) in [4.78, 5) is 0. The van der Waals surface area contributed by atoms with Crippen molar-refractivity contribution in [3.63, 3.8) is 0 Å². The molecule has 66 valence electrons. The molecule has 0 aliphatic rings. The fraction of sp³-hybridized carbons (Fsp3) is 0.333. The number of para-hydroxylation sites is 1. The Labute approximate surface area is 70.0 Å². The van der Waals surface area contributed by atoms with Crippen molar-refractivity contribution in [3.05, 3.63) is 30.3 Å². The molecule has 1 aromatic rings. The first kappa shape index (κ1) is 8.97. The third-order valence-electron chi connectivity index (χ3n) is 1.34. The predicted molar refractivity (Wildman–Crippen MR) is 42.8 cm³/mol. The van der Waals surface area contributed by atoms with Gasteiger partial charge < -0.3 is 4.74 Å². The van der Waals surface area contributed by atoms with Gasteiger partial charge in [-0.3, -0.25) is 0 Å². The van der Waals surface area contributed by atoms with Crippen molar-refractivity contribution < 1.29 is 13.5 Å². The van der Waals surface area contributed by atoms with Crippen LogP contribution < -0.4 is 4.74 Å². The van der Waals surface area contributed by atoms with Gasteiger partial charge in [0.1, 0.15) is 19.0 Å². The van der Waals surface area contributed by atoms with Crippen molar-refractivity contribution in [1.82, 2.24) is 0 Å². The quantitative estimate of drug-likeness (QED) is 0.677. The van der Waals surface area contributed by atoms with Gasteiger partial charge >= 0.3 is 0 Å². The highest BCUT2D eigenvalue weighted by atomic mass is 19.2. The van der Waals surface area contributed by atoms with Crippen LogP contribution in [-0.2, 0) is 0 Å². The minimum atomic E-state index is -1.52. The first-order valence-electron chi connectivity index (χ1n) is 3.71. The zero-order valence-corrected chi connectivity index (χ0v) is 6.54. The second-order valence-electron chi connectivity index (χ2n) is 2.38. The van der Waals surface area contributed by atoms with E-state index in [-0.39, 0.29) is 6.61 Å². The average Bonchev–Trinajstić information content (AvgIpc) is 2.16. The van der Waals surface area contributed by atoms with E-state index in [0.29, 0.717) is 5.75 Å². The van der Waals surface area contributed by atoms with Gasteiger partial charge in [0.15, 0.2) is 6.17 Å². The van der Waals surface area contributed by atoms with Gasteiger partial charge in [0.25, 0.3) is 0 Å². The van der Waals surface area contributed by atoms with E-state index in [1.54, 1.807) is 24.3 Å². The van der Waals surface area contributed by atoms with Gasteiger partial charge in [-0.15, -0.1) is 0 Å².